The van der Waals surface area contributed by atoms with Crippen molar-refractivity contribution in [3.05, 3.63) is 122 Å². The number of nitrogens with zero attached hydrogens (tertiary/aromatic N) is 2. The van der Waals surface area contributed by atoms with Gasteiger partial charge in [-0.2, -0.15) is 5.10 Å². The van der Waals surface area contributed by atoms with Crippen LogP contribution in [0.2, 0.25) is 5.02 Å². The number of ether oxygens (including phenoxy) is 2. The zero-order valence-electron chi connectivity index (χ0n) is 20.9. The summed E-state index contributed by atoms with van der Waals surface area (Å²) in [5.74, 6) is 0.827. The van der Waals surface area contributed by atoms with E-state index in [9.17, 15) is 4.79 Å². The van der Waals surface area contributed by atoms with E-state index in [-0.39, 0.29) is 5.91 Å². The third-order valence-corrected chi connectivity index (χ3v) is 7.16. The van der Waals surface area contributed by atoms with Gasteiger partial charge in [0, 0.05) is 21.5 Å². The summed E-state index contributed by atoms with van der Waals surface area (Å²) in [5, 5.41) is 5.61. The van der Waals surface area contributed by atoms with E-state index in [1.807, 2.05) is 84.9 Å². The van der Waals surface area contributed by atoms with Crippen LogP contribution in [-0.2, 0) is 6.61 Å². The maximum absolute atomic E-state index is 13.2. The lowest BCUT2D eigenvalue weighted by Crippen LogP contribution is -2.18. The predicted molar refractivity (Wildman–Crippen MR) is 164 cm³/mol. The number of fused-ring (bicyclic) bond motifs is 1. The van der Waals surface area contributed by atoms with Crippen LogP contribution in [0.4, 0.5) is 0 Å². The van der Waals surface area contributed by atoms with Crippen LogP contribution < -0.4 is 14.9 Å². The molecule has 1 N–H and O–H groups in total. The van der Waals surface area contributed by atoms with Crippen LogP contribution in [0.3, 0.4) is 0 Å². The molecule has 4 aromatic carbocycles. The van der Waals surface area contributed by atoms with Crippen molar-refractivity contribution >= 4 is 57.2 Å². The molecule has 0 spiro atoms. The Morgan fingerprint density at radius 3 is 2.54 bits per heavy atom. The number of rotatable bonds is 8. The highest BCUT2D eigenvalue weighted by atomic mass is 127. The SMILES string of the molecule is COc1cc(/C=N/NC(=O)c2cc(-c3ccccc3)nc3ccccc23)cc(I)c1OCc1ccccc1Cl. The van der Waals surface area contributed by atoms with E-state index >= 15 is 0 Å². The number of pyridine rings is 1. The number of aromatic nitrogens is 1. The molecule has 8 heteroatoms. The van der Waals surface area contributed by atoms with Crippen molar-refractivity contribution in [2.75, 3.05) is 7.11 Å². The molecule has 0 atom stereocenters. The molecule has 0 aliphatic carbocycles. The number of hydrogen-bond acceptors (Lipinski definition) is 5. The molecular weight excluding hydrogens is 625 g/mol. The zero-order valence-corrected chi connectivity index (χ0v) is 23.8. The number of nitrogens with one attached hydrogen (secondary N) is 1. The summed E-state index contributed by atoms with van der Waals surface area (Å²) >= 11 is 8.45. The number of amides is 1. The Balaban J connectivity index is 1.35. The van der Waals surface area contributed by atoms with Gasteiger partial charge in [0.05, 0.1) is 33.7 Å². The second-order valence-corrected chi connectivity index (χ2v) is 10.1. The highest BCUT2D eigenvalue weighted by molar-refractivity contribution is 14.1. The van der Waals surface area contributed by atoms with Gasteiger partial charge in [-0.25, -0.2) is 10.4 Å². The predicted octanol–water partition coefficient (Wildman–Crippen LogP) is 7.51. The molecule has 5 rings (SSSR count). The Morgan fingerprint density at radius 1 is 1.00 bits per heavy atom. The Kier molecular flexibility index (Phi) is 8.39. The molecule has 1 amide bonds. The molecule has 0 saturated carbocycles. The van der Waals surface area contributed by atoms with Crippen LogP contribution in [0.25, 0.3) is 22.2 Å². The van der Waals surface area contributed by atoms with Crippen molar-refractivity contribution in [3.63, 3.8) is 0 Å². The second kappa shape index (κ2) is 12.3. The standard InChI is InChI=1S/C31H23ClIN3O3/c1-38-29-16-20(15-26(33)30(29)39-19-22-11-5-7-13-25(22)32)18-34-36-31(37)24-17-28(21-9-3-2-4-10-21)35-27-14-8-6-12-23(24)27/h2-18H,19H2,1H3,(H,36,37)/b34-18+. The first kappa shape index (κ1) is 26.6. The average molecular weight is 648 g/mol. The lowest BCUT2D eigenvalue weighted by molar-refractivity contribution is 0.0956. The fourth-order valence-corrected chi connectivity index (χ4v) is 5.04. The van der Waals surface area contributed by atoms with Gasteiger partial charge in [0.2, 0.25) is 0 Å². The minimum atomic E-state index is -0.330. The lowest BCUT2D eigenvalue weighted by atomic mass is 10.0. The Hall–Kier alpha value is -3.95. The molecule has 0 aliphatic rings. The summed E-state index contributed by atoms with van der Waals surface area (Å²) in [7, 11) is 1.58. The summed E-state index contributed by atoms with van der Waals surface area (Å²) in [6.45, 7) is 0.306. The van der Waals surface area contributed by atoms with Crippen molar-refractivity contribution in [2.45, 2.75) is 6.61 Å². The van der Waals surface area contributed by atoms with E-state index in [2.05, 4.69) is 33.1 Å². The highest BCUT2D eigenvalue weighted by Crippen LogP contribution is 2.34. The topological polar surface area (TPSA) is 72.8 Å². The van der Waals surface area contributed by atoms with Crippen molar-refractivity contribution in [2.24, 2.45) is 5.10 Å². The molecule has 1 heterocycles. The van der Waals surface area contributed by atoms with Gasteiger partial charge in [-0.05, 0) is 58.5 Å². The molecule has 1 aromatic heterocycles. The van der Waals surface area contributed by atoms with Crippen molar-refractivity contribution < 1.29 is 14.3 Å². The quantitative estimate of drug-likeness (QED) is 0.108. The van der Waals surface area contributed by atoms with Crippen LogP contribution in [0.15, 0.2) is 102 Å². The van der Waals surface area contributed by atoms with E-state index in [0.29, 0.717) is 28.7 Å². The first-order chi connectivity index (χ1) is 19.0. The Morgan fingerprint density at radius 2 is 1.74 bits per heavy atom. The van der Waals surface area contributed by atoms with Crippen LogP contribution in [0.5, 0.6) is 11.5 Å². The number of hydrazone groups is 1. The maximum Gasteiger partial charge on any atom is 0.272 e. The van der Waals surface area contributed by atoms with Gasteiger partial charge in [-0.1, -0.05) is 78.3 Å². The van der Waals surface area contributed by atoms with Crippen LogP contribution in [-0.4, -0.2) is 24.2 Å². The third kappa shape index (κ3) is 6.21. The third-order valence-electron chi connectivity index (χ3n) is 5.99. The molecule has 0 fully saturated rings. The molecule has 0 unspecified atom stereocenters. The first-order valence-electron chi connectivity index (χ1n) is 12.1. The van der Waals surface area contributed by atoms with Crippen LogP contribution in [0.1, 0.15) is 21.5 Å². The fraction of sp³-hybridized carbons (Fsp3) is 0.0645. The van der Waals surface area contributed by atoms with Crippen molar-refractivity contribution in [3.8, 4) is 22.8 Å². The summed E-state index contributed by atoms with van der Waals surface area (Å²) in [4.78, 5) is 18.0. The van der Waals surface area contributed by atoms with Gasteiger partial charge in [0.25, 0.3) is 5.91 Å². The molecule has 0 radical (unpaired) electrons. The van der Waals surface area contributed by atoms with E-state index < -0.39 is 0 Å². The smallest absolute Gasteiger partial charge is 0.272 e. The molecule has 0 saturated heterocycles. The van der Waals surface area contributed by atoms with Gasteiger partial charge < -0.3 is 9.47 Å². The number of para-hydroxylation sites is 1. The lowest BCUT2D eigenvalue weighted by Gasteiger charge is -2.14. The minimum absolute atomic E-state index is 0.306. The number of benzene rings is 4. The first-order valence-corrected chi connectivity index (χ1v) is 13.5. The van der Waals surface area contributed by atoms with E-state index in [1.165, 1.54) is 0 Å². The summed E-state index contributed by atoms with van der Waals surface area (Å²) in [5.41, 5.74) is 7.15. The Labute approximate surface area is 244 Å². The van der Waals surface area contributed by atoms with Crippen molar-refractivity contribution in [1.29, 1.82) is 0 Å². The molecule has 0 aliphatic heterocycles. The normalized spacial score (nSPS) is 11.1. The van der Waals surface area contributed by atoms with Gasteiger partial charge in [-0.3, -0.25) is 4.79 Å². The average Bonchev–Trinajstić information content (AvgIpc) is 2.97. The van der Waals surface area contributed by atoms with E-state index in [1.54, 1.807) is 25.5 Å². The molecular formula is C31H23ClIN3O3. The monoisotopic (exact) mass is 647 g/mol. The van der Waals surface area contributed by atoms with Gasteiger partial charge >= 0.3 is 0 Å². The minimum Gasteiger partial charge on any atom is -0.493 e. The molecule has 0 bridgehead atoms. The number of carbonyl (C=O) groups is 1. The maximum atomic E-state index is 13.2. The van der Waals surface area contributed by atoms with Gasteiger partial charge in [-0.15, -0.1) is 0 Å². The second-order valence-electron chi connectivity index (χ2n) is 8.55. The number of methoxy groups -OCH3 is 1. The van der Waals surface area contributed by atoms with Crippen LogP contribution >= 0.6 is 34.2 Å². The molecule has 39 heavy (non-hydrogen) atoms. The van der Waals surface area contributed by atoms with Gasteiger partial charge in [0.15, 0.2) is 11.5 Å². The molecule has 194 valence electrons. The van der Waals surface area contributed by atoms with E-state index in [4.69, 9.17) is 26.1 Å². The molecule has 5 aromatic rings. The fourth-order valence-electron chi connectivity index (χ4n) is 4.07. The molecule has 6 nitrogen and oxygen atoms in total. The number of carbonyl (C=O) groups excluding carboxylic acids is 1. The summed E-state index contributed by atoms with van der Waals surface area (Å²) in [6, 6.07) is 30.4. The van der Waals surface area contributed by atoms with E-state index in [0.717, 1.165) is 36.9 Å². The number of hydrogen-bond donors (Lipinski definition) is 1. The largest absolute Gasteiger partial charge is 0.493 e. The Bertz CT molecular complexity index is 1680. The van der Waals surface area contributed by atoms with Crippen molar-refractivity contribution in [1.82, 2.24) is 10.4 Å². The number of halogens is 2. The zero-order chi connectivity index (χ0) is 27.2. The van der Waals surface area contributed by atoms with Gasteiger partial charge in [0.1, 0.15) is 6.61 Å². The van der Waals surface area contributed by atoms with Crippen LogP contribution in [0, 0.1) is 3.57 Å². The highest BCUT2D eigenvalue weighted by Gasteiger charge is 2.15. The summed E-state index contributed by atoms with van der Waals surface area (Å²) in [6.07, 6.45) is 1.57. The summed E-state index contributed by atoms with van der Waals surface area (Å²) < 4.78 is 12.4.